The van der Waals surface area contributed by atoms with Crippen molar-refractivity contribution in [3.8, 4) is 10.4 Å². The summed E-state index contributed by atoms with van der Waals surface area (Å²) in [4.78, 5) is 16.8. The van der Waals surface area contributed by atoms with Gasteiger partial charge in [0.25, 0.3) is 0 Å². The van der Waals surface area contributed by atoms with Crippen molar-refractivity contribution in [2.75, 3.05) is 25.4 Å². The van der Waals surface area contributed by atoms with Crippen LogP contribution in [-0.4, -0.2) is 30.6 Å². The molecule has 0 unspecified atom stereocenters. The van der Waals surface area contributed by atoms with E-state index in [2.05, 4.69) is 18.7 Å². The number of ether oxygens (including phenoxy) is 1. The number of carbonyl (C=O) groups excluding carboxylic acids is 1. The molecule has 0 spiro atoms. The Hall–Kier alpha value is -1.37. The molecule has 6 heteroatoms. The predicted octanol–water partition coefficient (Wildman–Crippen LogP) is 4.08. The van der Waals surface area contributed by atoms with E-state index in [1.54, 1.807) is 11.3 Å². The zero-order chi connectivity index (χ0) is 16.1. The maximum atomic E-state index is 12.3. The molecule has 0 amide bonds. The molecule has 0 fully saturated rings. The number of anilines is 1. The molecule has 4 nitrogen and oxygen atoms in total. The van der Waals surface area contributed by atoms with Gasteiger partial charge in [0.2, 0.25) is 0 Å². The molecule has 0 aliphatic rings. The normalized spacial score (nSPS) is 11.1. The number of esters is 1. The summed E-state index contributed by atoms with van der Waals surface area (Å²) in [7, 11) is 0. The summed E-state index contributed by atoms with van der Waals surface area (Å²) < 4.78 is 5.20. The van der Waals surface area contributed by atoms with E-state index in [4.69, 9.17) is 10.5 Å². The minimum absolute atomic E-state index is 0.328. The molecule has 0 radical (unpaired) electrons. The van der Waals surface area contributed by atoms with Crippen LogP contribution in [0, 0.1) is 0 Å². The number of thiophene rings is 2. The van der Waals surface area contributed by atoms with Crippen molar-refractivity contribution >= 4 is 33.6 Å². The third-order valence-electron chi connectivity index (χ3n) is 3.52. The highest BCUT2D eigenvalue weighted by Crippen LogP contribution is 2.41. The van der Waals surface area contributed by atoms with Crippen LogP contribution >= 0.6 is 22.7 Å². The van der Waals surface area contributed by atoms with Gasteiger partial charge >= 0.3 is 5.97 Å². The summed E-state index contributed by atoms with van der Waals surface area (Å²) in [5, 5.41) is 2.56. The van der Waals surface area contributed by atoms with Crippen LogP contribution in [0.25, 0.3) is 10.4 Å². The molecular formula is C16H22N2O2S2. The van der Waals surface area contributed by atoms with Gasteiger partial charge in [-0.05, 0) is 31.5 Å². The smallest absolute Gasteiger partial charge is 0.341 e. The van der Waals surface area contributed by atoms with Crippen molar-refractivity contribution in [1.82, 2.24) is 4.90 Å². The molecule has 0 saturated heterocycles. The first-order valence-corrected chi connectivity index (χ1v) is 9.16. The molecule has 0 bridgehead atoms. The summed E-state index contributed by atoms with van der Waals surface area (Å²) >= 11 is 3.11. The van der Waals surface area contributed by atoms with Gasteiger partial charge in [-0.3, -0.25) is 4.90 Å². The molecule has 2 rings (SSSR count). The monoisotopic (exact) mass is 338 g/mol. The molecule has 0 aliphatic carbocycles. The summed E-state index contributed by atoms with van der Waals surface area (Å²) in [5.74, 6) is -0.328. The van der Waals surface area contributed by atoms with E-state index >= 15 is 0 Å². The van der Waals surface area contributed by atoms with Crippen molar-refractivity contribution in [3.63, 3.8) is 0 Å². The minimum Gasteiger partial charge on any atom is -0.462 e. The lowest BCUT2D eigenvalue weighted by molar-refractivity contribution is 0.0529. The van der Waals surface area contributed by atoms with Gasteiger partial charge in [-0.1, -0.05) is 19.9 Å². The lowest BCUT2D eigenvalue weighted by atomic mass is 10.1. The largest absolute Gasteiger partial charge is 0.462 e. The molecule has 0 atom stereocenters. The van der Waals surface area contributed by atoms with Crippen molar-refractivity contribution in [1.29, 1.82) is 0 Å². The minimum atomic E-state index is -0.328. The molecule has 120 valence electrons. The molecule has 0 aliphatic heterocycles. The maximum absolute atomic E-state index is 12.3. The van der Waals surface area contributed by atoms with Gasteiger partial charge in [-0.25, -0.2) is 4.79 Å². The molecule has 2 N–H and O–H groups in total. The molecule has 2 heterocycles. The van der Waals surface area contributed by atoms with Gasteiger partial charge in [0.1, 0.15) is 10.6 Å². The van der Waals surface area contributed by atoms with Crippen molar-refractivity contribution in [2.24, 2.45) is 0 Å². The lowest BCUT2D eigenvalue weighted by Crippen LogP contribution is -2.21. The van der Waals surface area contributed by atoms with Crippen LogP contribution in [0.3, 0.4) is 0 Å². The highest BCUT2D eigenvalue weighted by Gasteiger charge is 2.25. The van der Waals surface area contributed by atoms with E-state index in [9.17, 15) is 4.79 Å². The van der Waals surface area contributed by atoms with E-state index < -0.39 is 0 Å². The van der Waals surface area contributed by atoms with Crippen molar-refractivity contribution in [3.05, 3.63) is 28.0 Å². The van der Waals surface area contributed by atoms with Gasteiger partial charge in [-0.2, -0.15) is 0 Å². The quantitative estimate of drug-likeness (QED) is 0.773. The third kappa shape index (κ3) is 3.51. The second-order valence-corrected chi connectivity index (χ2v) is 6.88. The molecule has 22 heavy (non-hydrogen) atoms. The van der Waals surface area contributed by atoms with Crippen molar-refractivity contribution in [2.45, 2.75) is 27.3 Å². The maximum Gasteiger partial charge on any atom is 0.341 e. The van der Waals surface area contributed by atoms with E-state index in [1.807, 2.05) is 24.4 Å². The SMILES string of the molecule is CCOC(=O)c1c(N)sc(CN(CC)CC)c1-c1cccs1. The van der Waals surface area contributed by atoms with Crippen LogP contribution < -0.4 is 5.73 Å². The number of hydrogen-bond donors (Lipinski definition) is 1. The average Bonchev–Trinajstić information content (AvgIpc) is 3.12. The third-order valence-corrected chi connectivity index (χ3v) is 5.41. The van der Waals surface area contributed by atoms with E-state index in [0.29, 0.717) is 17.2 Å². The average molecular weight is 338 g/mol. The first kappa shape index (κ1) is 17.0. The number of carbonyl (C=O) groups is 1. The van der Waals surface area contributed by atoms with Crippen LogP contribution in [0.2, 0.25) is 0 Å². The highest BCUT2D eigenvalue weighted by molar-refractivity contribution is 7.18. The fraction of sp³-hybridized carbons (Fsp3) is 0.438. The molecular weight excluding hydrogens is 316 g/mol. The summed E-state index contributed by atoms with van der Waals surface area (Å²) in [6, 6.07) is 4.02. The van der Waals surface area contributed by atoms with Crippen LogP contribution in [-0.2, 0) is 11.3 Å². The number of rotatable bonds is 7. The zero-order valence-corrected chi connectivity index (χ0v) is 14.9. The van der Waals surface area contributed by atoms with Gasteiger partial charge in [0, 0.05) is 21.9 Å². The highest BCUT2D eigenvalue weighted by atomic mass is 32.1. The number of nitrogens with two attached hydrogens (primary N) is 1. The molecule has 0 aromatic carbocycles. The Morgan fingerprint density at radius 1 is 1.32 bits per heavy atom. The summed E-state index contributed by atoms with van der Waals surface area (Å²) in [6.45, 7) is 9.16. The van der Waals surface area contributed by atoms with Crippen LogP contribution in [0.5, 0.6) is 0 Å². The molecule has 2 aromatic rings. The standard InChI is InChI=1S/C16H22N2O2S2/c1-4-18(5-2)10-12-13(11-8-7-9-21-11)14(15(17)22-12)16(19)20-6-3/h7-9H,4-6,10,17H2,1-3H3. The number of nitrogens with zero attached hydrogens (tertiary/aromatic N) is 1. The van der Waals surface area contributed by atoms with Crippen molar-refractivity contribution < 1.29 is 9.53 Å². The summed E-state index contributed by atoms with van der Waals surface area (Å²) in [5.41, 5.74) is 7.61. The fourth-order valence-electron chi connectivity index (χ4n) is 2.35. The van der Waals surface area contributed by atoms with E-state index in [0.717, 1.165) is 35.0 Å². The van der Waals surface area contributed by atoms with Crippen LogP contribution in [0.4, 0.5) is 5.00 Å². The van der Waals surface area contributed by atoms with Gasteiger partial charge in [0.15, 0.2) is 0 Å². The Labute approximate surface area is 139 Å². The Morgan fingerprint density at radius 3 is 2.59 bits per heavy atom. The van der Waals surface area contributed by atoms with Gasteiger partial charge < -0.3 is 10.5 Å². The Balaban J connectivity index is 2.50. The second-order valence-electron chi connectivity index (χ2n) is 4.80. The van der Waals surface area contributed by atoms with Crippen LogP contribution in [0.15, 0.2) is 17.5 Å². The van der Waals surface area contributed by atoms with Gasteiger partial charge in [-0.15, -0.1) is 22.7 Å². The lowest BCUT2D eigenvalue weighted by Gasteiger charge is -2.17. The predicted molar refractivity (Wildman–Crippen MR) is 94.6 cm³/mol. The fourth-order valence-corrected chi connectivity index (χ4v) is 4.33. The number of nitrogen functional groups attached to an aromatic ring is 1. The zero-order valence-electron chi connectivity index (χ0n) is 13.2. The Morgan fingerprint density at radius 2 is 2.05 bits per heavy atom. The van der Waals surface area contributed by atoms with Gasteiger partial charge in [0.05, 0.1) is 6.61 Å². The van der Waals surface area contributed by atoms with E-state index in [-0.39, 0.29) is 5.97 Å². The Kier molecular flexibility index (Phi) is 5.99. The second kappa shape index (κ2) is 7.76. The first-order valence-electron chi connectivity index (χ1n) is 7.46. The molecule has 0 saturated carbocycles. The first-order chi connectivity index (χ1) is 10.6. The summed E-state index contributed by atoms with van der Waals surface area (Å²) in [6.07, 6.45) is 0. The molecule has 2 aromatic heterocycles. The Bertz CT molecular complexity index is 616. The van der Waals surface area contributed by atoms with E-state index in [1.165, 1.54) is 11.3 Å². The topological polar surface area (TPSA) is 55.6 Å². The van der Waals surface area contributed by atoms with Crippen LogP contribution in [0.1, 0.15) is 36.0 Å². The number of hydrogen-bond acceptors (Lipinski definition) is 6.